The van der Waals surface area contributed by atoms with Crippen LogP contribution in [0.1, 0.15) is 61.9 Å². The molecule has 1 atom stereocenters. The number of carboxylic acid groups (broad SMARTS) is 1. The second-order valence-corrected chi connectivity index (χ2v) is 11.2. The zero-order valence-corrected chi connectivity index (χ0v) is 22.1. The summed E-state index contributed by atoms with van der Waals surface area (Å²) in [7, 11) is 0. The van der Waals surface area contributed by atoms with Crippen molar-refractivity contribution in [1.29, 1.82) is 0 Å². The molecule has 5 nitrogen and oxygen atoms in total. The molecular weight excluding hydrogens is 510 g/mol. The van der Waals surface area contributed by atoms with Gasteiger partial charge in [-0.15, -0.1) is 0 Å². The van der Waals surface area contributed by atoms with Crippen molar-refractivity contribution in [3.63, 3.8) is 0 Å². The molecule has 1 heterocycles. The summed E-state index contributed by atoms with van der Waals surface area (Å²) in [6.07, 6.45) is 5.28. The standard InChI is InChI=1S/C30H31ClF2N2O3/c1-29(2,38-22-14-8-19(9-15-22)28(36)37)27(18-6-4-3-5-7-18)30(20-10-12-21(31)13-11-20)34-25-16-23(32)24(33)17-26(25)35-30/h8-18,27,34-35H,3-7H2,1-2H3,(H,36,37). The van der Waals surface area contributed by atoms with Crippen LogP contribution in [-0.4, -0.2) is 16.7 Å². The van der Waals surface area contributed by atoms with E-state index in [4.69, 9.17) is 16.3 Å². The van der Waals surface area contributed by atoms with Gasteiger partial charge < -0.3 is 20.5 Å². The second-order valence-electron chi connectivity index (χ2n) is 10.8. The lowest BCUT2D eigenvalue weighted by Gasteiger charge is -2.51. The van der Waals surface area contributed by atoms with Crippen LogP contribution >= 0.6 is 11.6 Å². The molecule has 0 aromatic heterocycles. The Balaban J connectivity index is 1.63. The van der Waals surface area contributed by atoms with Gasteiger partial charge in [-0.3, -0.25) is 0 Å². The molecule has 0 radical (unpaired) electrons. The summed E-state index contributed by atoms with van der Waals surface area (Å²) in [6.45, 7) is 4.03. The summed E-state index contributed by atoms with van der Waals surface area (Å²) in [4.78, 5) is 11.3. The number of benzene rings is 3. The number of nitrogens with one attached hydrogen (secondary N) is 2. The molecule has 5 rings (SSSR count). The van der Waals surface area contributed by atoms with Gasteiger partial charge in [0.2, 0.25) is 0 Å². The van der Waals surface area contributed by atoms with Crippen LogP contribution in [0.15, 0.2) is 60.7 Å². The topological polar surface area (TPSA) is 70.6 Å². The van der Waals surface area contributed by atoms with E-state index in [1.54, 1.807) is 12.1 Å². The Morgan fingerprint density at radius 3 is 2.05 bits per heavy atom. The number of carboxylic acids is 1. The van der Waals surface area contributed by atoms with E-state index in [2.05, 4.69) is 10.6 Å². The number of rotatable bonds is 7. The summed E-state index contributed by atoms with van der Waals surface area (Å²) < 4.78 is 35.3. The predicted octanol–water partition coefficient (Wildman–Crippen LogP) is 8.06. The Morgan fingerprint density at radius 2 is 1.53 bits per heavy atom. The van der Waals surface area contributed by atoms with E-state index in [0.29, 0.717) is 22.1 Å². The molecule has 0 spiro atoms. The molecule has 0 saturated heterocycles. The van der Waals surface area contributed by atoms with E-state index < -0.39 is 28.9 Å². The van der Waals surface area contributed by atoms with Crippen molar-refractivity contribution < 1.29 is 23.4 Å². The smallest absolute Gasteiger partial charge is 0.335 e. The molecule has 1 unspecified atom stereocenters. The van der Waals surface area contributed by atoms with Crippen molar-refractivity contribution in [2.24, 2.45) is 11.8 Å². The molecule has 8 heteroatoms. The highest BCUT2D eigenvalue weighted by Gasteiger charge is 2.55. The fourth-order valence-electron chi connectivity index (χ4n) is 6.34. The number of hydrogen-bond acceptors (Lipinski definition) is 4. The van der Waals surface area contributed by atoms with Crippen LogP contribution in [0.4, 0.5) is 20.2 Å². The van der Waals surface area contributed by atoms with Crippen LogP contribution in [0.3, 0.4) is 0 Å². The average molecular weight is 541 g/mol. The van der Waals surface area contributed by atoms with E-state index >= 15 is 0 Å². The van der Waals surface area contributed by atoms with Crippen molar-refractivity contribution in [2.45, 2.75) is 57.2 Å². The zero-order valence-electron chi connectivity index (χ0n) is 21.4. The van der Waals surface area contributed by atoms with Crippen LogP contribution in [0.5, 0.6) is 5.75 Å². The number of halogens is 3. The number of aromatic carboxylic acids is 1. The molecule has 1 saturated carbocycles. The summed E-state index contributed by atoms with van der Waals surface area (Å²) >= 11 is 6.25. The molecule has 1 fully saturated rings. The lowest BCUT2D eigenvalue weighted by Crippen LogP contribution is -2.59. The Kier molecular flexibility index (Phi) is 6.99. The molecule has 0 amide bonds. The SMILES string of the molecule is CC(C)(Oc1ccc(C(=O)O)cc1)C(C1CCCCC1)C1(c2ccc(Cl)cc2)Nc2cc(F)c(F)cc2N1. The highest BCUT2D eigenvalue weighted by atomic mass is 35.5. The lowest BCUT2D eigenvalue weighted by atomic mass is 9.65. The molecule has 200 valence electrons. The molecule has 1 aliphatic carbocycles. The summed E-state index contributed by atoms with van der Waals surface area (Å²) in [5.74, 6) is -2.30. The third-order valence-electron chi connectivity index (χ3n) is 7.84. The van der Waals surface area contributed by atoms with Gasteiger partial charge in [-0.25, -0.2) is 13.6 Å². The Bertz CT molecular complexity index is 1290. The van der Waals surface area contributed by atoms with Crippen LogP contribution in [0.25, 0.3) is 0 Å². The highest BCUT2D eigenvalue weighted by Crippen LogP contribution is 2.53. The van der Waals surface area contributed by atoms with Gasteiger partial charge in [0.15, 0.2) is 11.6 Å². The third-order valence-corrected chi connectivity index (χ3v) is 8.09. The monoisotopic (exact) mass is 540 g/mol. The largest absolute Gasteiger partial charge is 0.487 e. The van der Waals surface area contributed by atoms with Gasteiger partial charge >= 0.3 is 5.97 Å². The van der Waals surface area contributed by atoms with Gasteiger partial charge in [0.1, 0.15) is 17.0 Å². The van der Waals surface area contributed by atoms with Crippen molar-refractivity contribution in [3.8, 4) is 5.75 Å². The molecule has 1 aliphatic heterocycles. The Labute approximate surface area is 226 Å². The minimum absolute atomic E-state index is 0.176. The number of fused-ring (bicyclic) bond motifs is 1. The molecule has 3 aromatic carbocycles. The number of ether oxygens (including phenoxy) is 1. The first-order chi connectivity index (χ1) is 18.1. The first-order valence-corrected chi connectivity index (χ1v) is 13.3. The van der Waals surface area contributed by atoms with E-state index in [-0.39, 0.29) is 17.4 Å². The maximum atomic E-state index is 14.3. The first kappa shape index (κ1) is 26.3. The van der Waals surface area contributed by atoms with Crippen molar-refractivity contribution in [3.05, 3.63) is 88.4 Å². The summed E-state index contributed by atoms with van der Waals surface area (Å²) in [6, 6.07) is 16.2. The van der Waals surface area contributed by atoms with E-state index in [1.807, 2.05) is 38.1 Å². The Hall–Kier alpha value is -3.32. The molecular formula is C30H31ClF2N2O3. The van der Waals surface area contributed by atoms with Gasteiger partial charge in [0.05, 0.1) is 16.9 Å². The highest BCUT2D eigenvalue weighted by molar-refractivity contribution is 6.30. The first-order valence-electron chi connectivity index (χ1n) is 12.9. The van der Waals surface area contributed by atoms with Crippen LogP contribution in [-0.2, 0) is 5.66 Å². The zero-order chi connectivity index (χ0) is 27.1. The van der Waals surface area contributed by atoms with E-state index in [9.17, 15) is 18.7 Å². The van der Waals surface area contributed by atoms with Crippen LogP contribution < -0.4 is 15.4 Å². The van der Waals surface area contributed by atoms with Crippen molar-refractivity contribution >= 4 is 28.9 Å². The number of anilines is 2. The van der Waals surface area contributed by atoms with Gasteiger partial charge in [0.25, 0.3) is 0 Å². The van der Waals surface area contributed by atoms with Gasteiger partial charge in [0, 0.05) is 23.1 Å². The van der Waals surface area contributed by atoms with Gasteiger partial charge in [-0.05, 0) is 74.6 Å². The molecule has 3 aromatic rings. The summed E-state index contributed by atoms with van der Waals surface area (Å²) in [5.41, 5.74) is 0.232. The fourth-order valence-corrected chi connectivity index (χ4v) is 6.47. The van der Waals surface area contributed by atoms with E-state index in [1.165, 1.54) is 24.3 Å². The Morgan fingerprint density at radius 1 is 0.974 bits per heavy atom. The van der Waals surface area contributed by atoms with E-state index in [0.717, 1.165) is 37.7 Å². The minimum atomic E-state index is -1.01. The van der Waals surface area contributed by atoms with Gasteiger partial charge in [-0.1, -0.05) is 43.0 Å². The maximum Gasteiger partial charge on any atom is 0.335 e. The van der Waals surface area contributed by atoms with Crippen LogP contribution in [0.2, 0.25) is 5.02 Å². The molecule has 2 aliphatic rings. The minimum Gasteiger partial charge on any atom is -0.487 e. The molecule has 3 N–H and O–H groups in total. The van der Waals surface area contributed by atoms with Crippen molar-refractivity contribution in [1.82, 2.24) is 0 Å². The fraction of sp³-hybridized carbons (Fsp3) is 0.367. The van der Waals surface area contributed by atoms with Crippen LogP contribution in [0, 0.1) is 23.5 Å². The number of hydrogen-bond donors (Lipinski definition) is 3. The third kappa shape index (κ3) is 4.92. The molecule has 0 bridgehead atoms. The number of carbonyl (C=O) groups is 1. The lowest BCUT2D eigenvalue weighted by molar-refractivity contribution is -0.0268. The molecule has 38 heavy (non-hydrogen) atoms. The predicted molar refractivity (Wildman–Crippen MR) is 145 cm³/mol. The summed E-state index contributed by atoms with van der Waals surface area (Å²) in [5, 5.41) is 17.0. The van der Waals surface area contributed by atoms with Gasteiger partial charge in [-0.2, -0.15) is 0 Å². The normalized spacial score (nSPS) is 17.7. The average Bonchev–Trinajstić information content (AvgIpc) is 3.23. The van der Waals surface area contributed by atoms with Crippen molar-refractivity contribution in [2.75, 3.05) is 10.6 Å². The quantitative estimate of drug-likeness (QED) is 0.283. The second kappa shape index (κ2) is 10.1. The maximum absolute atomic E-state index is 14.3.